The van der Waals surface area contributed by atoms with Gasteiger partial charge in [0, 0.05) is 17.0 Å². The molecule has 164 valence electrons. The lowest BCUT2D eigenvalue weighted by Gasteiger charge is -2.10. The van der Waals surface area contributed by atoms with Gasteiger partial charge >= 0.3 is 5.97 Å². The van der Waals surface area contributed by atoms with Gasteiger partial charge in [0.15, 0.2) is 5.69 Å². The summed E-state index contributed by atoms with van der Waals surface area (Å²) in [6, 6.07) is 15.1. The number of nitrogens with zero attached hydrogens (tertiary/aromatic N) is 3. The highest BCUT2D eigenvalue weighted by Crippen LogP contribution is 2.36. The lowest BCUT2D eigenvalue weighted by atomic mass is 10.1. The maximum atomic E-state index is 12.9. The first-order valence-corrected chi connectivity index (χ1v) is 11.5. The standard InChI is InChI=1S/C25H30ClN3O2/c1-3-5-6-7-8-11-18-29-22-13-10-9-12-21(22)23(24(29)25(30)31-4-2)28-27-20-16-14-19(26)15-17-20/h9-10,12-17H,3-8,11,18H2,1-2H3. The predicted octanol–water partition coefficient (Wildman–Crippen LogP) is 8.25. The van der Waals surface area contributed by atoms with E-state index in [0.717, 1.165) is 30.3 Å². The second-order valence-electron chi connectivity index (χ2n) is 7.53. The number of benzene rings is 2. The van der Waals surface area contributed by atoms with Crippen molar-refractivity contribution in [2.75, 3.05) is 6.61 Å². The van der Waals surface area contributed by atoms with E-state index in [0.29, 0.717) is 28.7 Å². The van der Waals surface area contributed by atoms with Gasteiger partial charge in [0.25, 0.3) is 0 Å². The monoisotopic (exact) mass is 439 g/mol. The fourth-order valence-electron chi connectivity index (χ4n) is 3.69. The summed E-state index contributed by atoms with van der Waals surface area (Å²) in [7, 11) is 0. The second-order valence-corrected chi connectivity index (χ2v) is 7.97. The number of halogens is 1. The number of carbonyl (C=O) groups excluding carboxylic acids is 1. The molecule has 5 nitrogen and oxygen atoms in total. The highest BCUT2D eigenvalue weighted by atomic mass is 35.5. The van der Waals surface area contributed by atoms with Crippen LogP contribution < -0.4 is 0 Å². The minimum absolute atomic E-state index is 0.311. The molecule has 31 heavy (non-hydrogen) atoms. The number of ether oxygens (including phenoxy) is 1. The Hall–Kier alpha value is -2.66. The summed E-state index contributed by atoms with van der Waals surface area (Å²) in [6.07, 6.45) is 7.12. The van der Waals surface area contributed by atoms with Crippen LogP contribution in [-0.2, 0) is 11.3 Å². The van der Waals surface area contributed by atoms with Crippen LogP contribution in [0.2, 0.25) is 5.02 Å². The summed E-state index contributed by atoms with van der Waals surface area (Å²) in [5.74, 6) is -0.366. The van der Waals surface area contributed by atoms with E-state index < -0.39 is 0 Å². The quantitative estimate of drug-likeness (QED) is 0.171. The average molecular weight is 440 g/mol. The normalized spacial score (nSPS) is 11.5. The molecule has 0 spiro atoms. The first-order valence-electron chi connectivity index (χ1n) is 11.1. The summed E-state index contributed by atoms with van der Waals surface area (Å²) < 4.78 is 7.43. The summed E-state index contributed by atoms with van der Waals surface area (Å²) >= 11 is 5.96. The molecule has 3 rings (SSSR count). The smallest absolute Gasteiger partial charge is 0.357 e. The van der Waals surface area contributed by atoms with Gasteiger partial charge in [-0.1, -0.05) is 68.8 Å². The molecule has 0 aliphatic carbocycles. The molecule has 2 aromatic carbocycles. The molecule has 0 unspecified atom stereocenters. The van der Waals surface area contributed by atoms with Crippen LogP contribution in [0.5, 0.6) is 0 Å². The molecule has 0 saturated carbocycles. The third-order valence-corrected chi connectivity index (χ3v) is 5.49. The van der Waals surface area contributed by atoms with Crippen LogP contribution in [0.4, 0.5) is 11.4 Å². The van der Waals surface area contributed by atoms with E-state index in [1.165, 1.54) is 25.7 Å². The molecule has 0 fully saturated rings. The zero-order valence-corrected chi connectivity index (χ0v) is 19.1. The van der Waals surface area contributed by atoms with Crippen molar-refractivity contribution in [1.29, 1.82) is 0 Å². The highest BCUT2D eigenvalue weighted by Gasteiger charge is 2.24. The molecule has 1 heterocycles. The average Bonchev–Trinajstić information content (AvgIpc) is 3.09. The first-order chi connectivity index (χ1) is 15.2. The molecule has 0 atom stereocenters. The molecule has 0 N–H and O–H groups in total. The maximum Gasteiger partial charge on any atom is 0.357 e. The van der Waals surface area contributed by atoms with E-state index in [1.54, 1.807) is 24.3 Å². The first kappa shape index (κ1) is 23.0. The lowest BCUT2D eigenvalue weighted by molar-refractivity contribution is 0.0515. The van der Waals surface area contributed by atoms with Crippen molar-refractivity contribution in [1.82, 2.24) is 4.57 Å². The van der Waals surface area contributed by atoms with Gasteiger partial charge in [-0.2, -0.15) is 5.11 Å². The van der Waals surface area contributed by atoms with E-state index in [2.05, 4.69) is 17.2 Å². The molecule has 3 aromatic rings. The maximum absolute atomic E-state index is 12.9. The summed E-state index contributed by atoms with van der Waals surface area (Å²) in [5.41, 5.74) is 2.67. The van der Waals surface area contributed by atoms with Crippen molar-refractivity contribution >= 4 is 39.8 Å². The number of para-hydroxylation sites is 1. The van der Waals surface area contributed by atoms with Crippen molar-refractivity contribution < 1.29 is 9.53 Å². The van der Waals surface area contributed by atoms with Gasteiger partial charge in [-0.05, 0) is 43.7 Å². The van der Waals surface area contributed by atoms with Gasteiger partial charge in [0.2, 0.25) is 0 Å². The van der Waals surface area contributed by atoms with Crippen molar-refractivity contribution in [3.63, 3.8) is 0 Å². The molecule has 0 saturated heterocycles. The SMILES string of the molecule is CCCCCCCCn1c(C(=O)OCC)c(N=Nc2ccc(Cl)cc2)c2ccccc21. The minimum Gasteiger partial charge on any atom is -0.461 e. The van der Waals surface area contributed by atoms with Gasteiger partial charge in [0.05, 0.1) is 17.8 Å². The van der Waals surface area contributed by atoms with E-state index in [-0.39, 0.29) is 5.97 Å². The number of esters is 1. The zero-order valence-electron chi connectivity index (χ0n) is 18.3. The number of azo groups is 1. The fraction of sp³-hybridized carbons (Fsp3) is 0.400. The molecule has 0 bridgehead atoms. The van der Waals surface area contributed by atoms with E-state index in [1.807, 2.05) is 35.8 Å². The number of aryl methyl sites for hydroxylation is 1. The lowest BCUT2D eigenvalue weighted by Crippen LogP contribution is -2.12. The van der Waals surface area contributed by atoms with Crippen LogP contribution in [0.3, 0.4) is 0 Å². The van der Waals surface area contributed by atoms with Crippen LogP contribution in [0.15, 0.2) is 58.8 Å². The Labute approximate surface area is 189 Å². The number of carbonyl (C=O) groups is 1. The molecular formula is C25H30ClN3O2. The summed E-state index contributed by atoms with van der Waals surface area (Å²) in [5, 5.41) is 10.4. The number of unbranched alkanes of at least 4 members (excludes halogenated alkanes) is 5. The molecule has 6 heteroatoms. The van der Waals surface area contributed by atoms with Crippen molar-refractivity contribution in [2.45, 2.75) is 58.9 Å². The Kier molecular flexibility index (Phi) is 8.65. The minimum atomic E-state index is -0.366. The molecule has 0 aliphatic heterocycles. The number of hydrogen-bond acceptors (Lipinski definition) is 4. The summed E-state index contributed by atoms with van der Waals surface area (Å²) in [4.78, 5) is 12.9. The Bertz CT molecular complexity index is 1030. The van der Waals surface area contributed by atoms with Crippen molar-refractivity contribution in [3.05, 3.63) is 59.2 Å². The largest absolute Gasteiger partial charge is 0.461 e. The highest BCUT2D eigenvalue weighted by molar-refractivity contribution is 6.30. The number of rotatable bonds is 11. The molecule has 0 amide bonds. The van der Waals surface area contributed by atoms with Crippen molar-refractivity contribution in [3.8, 4) is 0 Å². The zero-order chi connectivity index (χ0) is 22.1. The second kappa shape index (κ2) is 11.7. The Morgan fingerprint density at radius 1 is 0.935 bits per heavy atom. The van der Waals surface area contributed by atoms with Gasteiger partial charge in [-0.15, -0.1) is 5.11 Å². The van der Waals surface area contributed by atoms with Gasteiger partial charge < -0.3 is 9.30 Å². The van der Waals surface area contributed by atoms with Gasteiger partial charge in [0.1, 0.15) is 5.69 Å². The molecule has 0 radical (unpaired) electrons. The van der Waals surface area contributed by atoms with Gasteiger partial charge in [-0.25, -0.2) is 4.79 Å². The van der Waals surface area contributed by atoms with Crippen LogP contribution in [0, 0.1) is 0 Å². The van der Waals surface area contributed by atoms with Crippen LogP contribution in [0.1, 0.15) is 62.9 Å². The number of aromatic nitrogens is 1. The van der Waals surface area contributed by atoms with E-state index in [9.17, 15) is 4.79 Å². The van der Waals surface area contributed by atoms with Gasteiger partial charge in [-0.3, -0.25) is 0 Å². The van der Waals surface area contributed by atoms with Crippen LogP contribution >= 0.6 is 11.6 Å². The van der Waals surface area contributed by atoms with E-state index in [4.69, 9.17) is 16.3 Å². The Morgan fingerprint density at radius 3 is 2.39 bits per heavy atom. The Balaban J connectivity index is 1.96. The molecule has 0 aliphatic rings. The topological polar surface area (TPSA) is 56.0 Å². The summed E-state index contributed by atoms with van der Waals surface area (Å²) in [6.45, 7) is 5.09. The third-order valence-electron chi connectivity index (χ3n) is 5.24. The third kappa shape index (κ3) is 5.95. The number of hydrogen-bond donors (Lipinski definition) is 0. The van der Waals surface area contributed by atoms with Crippen LogP contribution in [-0.4, -0.2) is 17.1 Å². The Morgan fingerprint density at radius 2 is 1.65 bits per heavy atom. The molecule has 1 aromatic heterocycles. The molecular weight excluding hydrogens is 410 g/mol. The fourth-order valence-corrected chi connectivity index (χ4v) is 3.82. The van der Waals surface area contributed by atoms with E-state index >= 15 is 0 Å². The van der Waals surface area contributed by atoms with Crippen molar-refractivity contribution in [2.24, 2.45) is 10.2 Å². The predicted molar refractivity (Wildman–Crippen MR) is 127 cm³/mol. The van der Waals surface area contributed by atoms with Crippen LogP contribution in [0.25, 0.3) is 10.9 Å². The number of fused-ring (bicyclic) bond motifs is 1.